The van der Waals surface area contributed by atoms with Gasteiger partial charge in [-0.2, -0.15) is 31.6 Å². The van der Waals surface area contributed by atoms with Crippen molar-refractivity contribution in [3.05, 3.63) is 239 Å². The van der Waals surface area contributed by atoms with Gasteiger partial charge in [-0.05, 0) is 115 Å². The van der Waals surface area contributed by atoms with Gasteiger partial charge in [-0.25, -0.2) is 0 Å². The molecule has 76 heavy (non-hydrogen) atoms. The lowest BCUT2D eigenvalue weighted by Crippen LogP contribution is -2.16. The van der Waals surface area contributed by atoms with Crippen LogP contribution in [0, 0.1) is 39.0 Å². The Bertz CT molecular complexity index is 4150. The van der Waals surface area contributed by atoms with Crippen molar-refractivity contribution in [1.29, 1.82) is 5.26 Å². The van der Waals surface area contributed by atoms with Crippen LogP contribution in [0.1, 0.15) is 38.9 Å². The molecule has 0 fully saturated rings. The van der Waals surface area contributed by atoms with Crippen LogP contribution in [-0.2, 0) is 12.4 Å². The molecule has 0 atom stereocenters. The Morgan fingerprint density at radius 3 is 0.987 bits per heavy atom. The first kappa shape index (κ1) is 47.8. The van der Waals surface area contributed by atoms with E-state index in [4.69, 9.17) is 0 Å². The van der Waals surface area contributed by atoms with E-state index in [2.05, 4.69) is 18.2 Å². The summed E-state index contributed by atoms with van der Waals surface area (Å²) in [5.41, 5.74) is 8.82. The zero-order valence-corrected chi connectivity index (χ0v) is 41.7. The summed E-state index contributed by atoms with van der Waals surface area (Å²) in [4.78, 5) is 0. The maximum Gasteiger partial charge on any atom is 0.417 e. The zero-order chi connectivity index (χ0) is 52.8. The Balaban J connectivity index is 1.29. The van der Waals surface area contributed by atoms with Crippen LogP contribution in [0.3, 0.4) is 0 Å². The molecular formula is C67H45F6N3. The molecule has 0 amide bonds. The largest absolute Gasteiger partial charge is 0.417 e. The van der Waals surface area contributed by atoms with E-state index in [1.54, 1.807) is 4.57 Å². The lowest BCUT2D eigenvalue weighted by Gasteiger charge is -2.24. The van der Waals surface area contributed by atoms with E-state index >= 15 is 26.3 Å². The van der Waals surface area contributed by atoms with Gasteiger partial charge in [0.05, 0.1) is 44.6 Å². The third-order valence-electron chi connectivity index (χ3n) is 14.6. The van der Waals surface area contributed by atoms with Crippen LogP contribution in [0.5, 0.6) is 0 Å². The highest BCUT2D eigenvalue weighted by atomic mass is 19.4. The molecule has 0 aliphatic carbocycles. The van der Waals surface area contributed by atoms with E-state index in [0.29, 0.717) is 45.0 Å². The first-order chi connectivity index (χ1) is 36.5. The van der Waals surface area contributed by atoms with Gasteiger partial charge in [0, 0.05) is 32.7 Å². The predicted molar refractivity (Wildman–Crippen MR) is 296 cm³/mol. The number of nitrogens with zero attached hydrogens (tertiary/aromatic N) is 3. The maximum atomic E-state index is 15.6. The Labute approximate surface area is 434 Å². The van der Waals surface area contributed by atoms with E-state index in [0.717, 1.165) is 83.6 Å². The number of aryl methyl sites for hydroxylation is 4. The van der Waals surface area contributed by atoms with Gasteiger partial charge < -0.3 is 9.13 Å². The van der Waals surface area contributed by atoms with Crippen LogP contribution in [0.2, 0.25) is 0 Å². The van der Waals surface area contributed by atoms with Gasteiger partial charge in [-0.15, -0.1) is 0 Å². The highest BCUT2D eigenvalue weighted by molar-refractivity contribution is 6.14. The molecule has 0 aliphatic heterocycles. The molecule has 2 aromatic heterocycles. The van der Waals surface area contributed by atoms with Crippen molar-refractivity contribution >= 4 is 43.6 Å². The van der Waals surface area contributed by atoms with Crippen molar-refractivity contribution in [3.8, 4) is 73.1 Å². The normalized spacial score (nSPS) is 12.1. The van der Waals surface area contributed by atoms with Gasteiger partial charge >= 0.3 is 12.4 Å². The summed E-state index contributed by atoms with van der Waals surface area (Å²) in [5, 5.41) is 15.1. The molecule has 0 radical (unpaired) electrons. The van der Waals surface area contributed by atoms with Gasteiger partial charge in [0.15, 0.2) is 0 Å². The number of alkyl halides is 6. The van der Waals surface area contributed by atoms with Crippen LogP contribution in [-0.4, -0.2) is 9.13 Å². The smallest absolute Gasteiger partial charge is 0.308 e. The summed E-state index contributed by atoms with van der Waals surface area (Å²) >= 11 is 0. The lowest BCUT2D eigenvalue weighted by atomic mass is 9.90. The first-order valence-electron chi connectivity index (χ1n) is 24.8. The molecule has 0 unspecified atom stereocenters. The average Bonchev–Trinajstić information content (AvgIpc) is 4.12. The average molecular weight is 1010 g/mol. The second-order valence-corrected chi connectivity index (χ2v) is 19.8. The lowest BCUT2D eigenvalue weighted by molar-refractivity contribution is -0.142. The molecule has 9 heteroatoms. The molecule has 0 saturated carbocycles. The fraction of sp³-hybridized carbons (Fsp3) is 0.0896. The summed E-state index contributed by atoms with van der Waals surface area (Å²) in [6.45, 7) is 7.97. The van der Waals surface area contributed by atoms with Crippen molar-refractivity contribution in [1.82, 2.24) is 9.13 Å². The number of aromatic nitrogens is 2. The SMILES string of the molecule is Cc1cccc(-c2ccc3c4ccc(-c5cccc(C)c5)cc4n(-c4ccc(-c5c(C(F)(F)F)cccc5C(F)(F)F)c(-n5c6cc(-c7cccc(C)c7)ccc6c6ccc(-c7cccc(C)c7)cc65)c4C#N)c3c2)c1. The molecule has 2 heterocycles. The van der Waals surface area contributed by atoms with Crippen LogP contribution in [0.4, 0.5) is 26.3 Å². The number of rotatable bonds is 7. The van der Waals surface area contributed by atoms with Gasteiger partial charge in [0.2, 0.25) is 0 Å². The number of nitriles is 1. The molecule has 0 aliphatic rings. The summed E-state index contributed by atoms with van der Waals surface area (Å²) < 4.78 is 97.4. The van der Waals surface area contributed by atoms with Crippen molar-refractivity contribution in [3.63, 3.8) is 0 Å². The number of hydrogen-bond donors (Lipinski definition) is 0. The number of hydrogen-bond acceptors (Lipinski definition) is 1. The van der Waals surface area contributed by atoms with E-state index in [1.165, 1.54) is 12.1 Å². The van der Waals surface area contributed by atoms with Gasteiger partial charge in [0.1, 0.15) is 11.6 Å². The minimum absolute atomic E-state index is 0.135. The predicted octanol–water partition coefficient (Wildman–Crippen LogP) is 19.4. The Kier molecular flexibility index (Phi) is 11.4. The molecule has 0 spiro atoms. The fourth-order valence-corrected chi connectivity index (χ4v) is 11.2. The molecule has 370 valence electrons. The monoisotopic (exact) mass is 1010 g/mol. The topological polar surface area (TPSA) is 33.6 Å². The summed E-state index contributed by atoms with van der Waals surface area (Å²) in [7, 11) is 0. The molecule has 10 aromatic carbocycles. The first-order valence-corrected chi connectivity index (χ1v) is 24.8. The Morgan fingerprint density at radius 2 is 0.671 bits per heavy atom. The number of halogens is 6. The molecule has 0 N–H and O–H groups in total. The zero-order valence-electron chi connectivity index (χ0n) is 41.7. The Morgan fingerprint density at radius 1 is 0.355 bits per heavy atom. The van der Waals surface area contributed by atoms with Gasteiger partial charge in [-0.3, -0.25) is 0 Å². The second kappa shape index (κ2) is 18.1. The third-order valence-corrected chi connectivity index (χ3v) is 14.6. The summed E-state index contributed by atoms with van der Waals surface area (Å²) in [6, 6.07) is 63.2. The highest BCUT2D eigenvalue weighted by Crippen LogP contribution is 2.50. The fourth-order valence-electron chi connectivity index (χ4n) is 11.2. The molecule has 12 rings (SSSR count). The van der Waals surface area contributed by atoms with E-state index in [1.807, 2.05) is 190 Å². The van der Waals surface area contributed by atoms with Crippen molar-refractivity contribution in [2.75, 3.05) is 0 Å². The molecular weight excluding hydrogens is 961 g/mol. The molecule has 0 saturated heterocycles. The Hall–Kier alpha value is -9.13. The maximum absolute atomic E-state index is 15.6. The number of fused-ring (bicyclic) bond motifs is 6. The van der Waals surface area contributed by atoms with Gasteiger partial charge in [0.25, 0.3) is 0 Å². The van der Waals surface area contributed by atoms with Crippen LogP contribution >= 0.6 is 0 Å². The van der Waals surface area contributed by atoms with Crippen molar-refractivity contribution in [2.24, 2.45) is 0 Å². The van der Waals surface area contributed by atoms with Crippen molar-refractivity contribution in [2.45, 2.75) is 40.0 Å². The minimum Gasteiger partial charge on any atom is -0.308 e. The third kappa shape index (κ3) is 8.18. The minimum atomic E-state index is -5.23. The quantitative estimate of drug-likeness (QED) is 0.147. The van der Waals surface area contributed by atoms with Crippen LogP contribution < -0.4 is 0 Å². The van der Waals surface area contributed by atoms with Gasteiger partial charge in [-0.1, -0.05) is 180 Å². The second-order valence-electron chi connectivity index (χ2n) is 19.8. The summed E-state index contributed by atoms with van der Waals surface area (Å²) in [5.74, 6) is 0. The highest BCUT2D eigenvalue weighted by Gasteiger charge is 2.42. The van der Waals surface area contributed by atoms with Crippen molar-refractivity contribution < 1.29 is 26.3 Å². The molecule has 3 nitrogen and oxygen atoms in total. The molecule has 12 aromatic rings. The van der Waals surface area contributed by atoms with Crippen LogP contribution in [0.25, 0.3) is 111 Å². The number of benzene rings is 10. The summed E-state index contributed by atoms with van der Waals surface area (Å²) in [6.07, 6.45) is -10.5. The van der Waals surface area contributed by atoms with E-state index in [-0.39, 0.29) is 16.9 Å². The standard InChI is InChI=1S/C67H45F6N3/c1-39-10-5-14-43(30-39)47-20-24-51-52-25-21-48(44-15-6-11-40(2)31-44)35-61(52)75(60(51)34-47)59-29-28-55(64-57(66(68,69)70)18-9-19-58(64)67(71,72)73)65(56(59)38-74)76-62-36-49(45-16-7-12-41(3)32-45)22-26-53(62)54-27-23-50(37-63(54)76)46-17-8-13-42(4)33-46/h5-37H,1-4H3. The van der Waals surface area contributed by atoms with E-state index < -0.39 is 34.6 Å². The molecule has 0 bridgehead atoms. The van der Waals surface area contributed by atoms with Crippen LogP contribution in [0.15, 0.2) is 200 Å². The van der Waals surface area contributed by atoms with E-state index in [9.17, 15) is 5.26 Å².